The topological polar surface area (TPSA) is 110 Å². The van der Waals surface area contributed by atoms with E-state index in [0.29, 0.717) is 27.8 Å². The van der Waals surface area contributed by atoms with E-state index in [4.69, 9.17) is 21.6 Å². The van der Waals surface area contributed by atoms with Crippen LogP contribution in [0.25, 0.3) is 11.3 Å². The number of nitriles is 1. The Balaban J connectivity index is 1.60. The number of aromatic nitrogens is 3. The summed E-state index contributed by atoms with van der Waals surface area (Å²) in [5, 5.41) is 19.0. The fourth-order valence-corrected chi connectivity index (χ4v) is 3.89. The highest BCUT2D eigenvalue weighted by Gasteiger charge is 2.18. The molecule has 3 aromatic rings. The molecule has 0 aliphatic heterocycles. The maximum atomic E-state index is 12.5. The van der Waals surface area contributed by atoms with Crippen molar-refractivity contribution in [2.45, 2.75) is 39.5 Å². The molecule has 1 amide bonds. The zero-order chi connectivity index (χ0) is 22.5. The van der Waals surface area contributed by atoms with Crippen LogP contribution in [0.4, 0.5) is 0 Å². The number of thiazole rings is 1. The molecule has 0 radical (unpaired) electrons. The van der Waals surface area contributed by atoms with Crippen molar-refractivity contribution < 1.29 is 14.3 Å². The second-order valence-electron chi connectivity index (χ2n) is 6.93. The van der Waals surface area contributed by atoms with E-state index >= 15 is 0 Å². The third kappa shape index (κ3) is 5.69. The molecule has 0 saturated carbocycles. The Hall–Kier alpha value is -3.22. The summed E-state index contributed by atoms with van der Waals surface area (Å²) in [5.41, 5.74) is 2.21. The molecule has 2 aromatic heterocycles. The van der Waals surface area contributed by atoms with Crippen LogP contribution in [-0.2, 0) is 16.1 Å². The predicted octanol–water partition coefficient (Wildman–Crippen LogP) is 3.97. The Morgan fingerprint density at radius 3 is 2.81 bits per heavy atom. The van der Waals surface area contributed by atoms with Gasteiger partial charge in [0.1, 0.15) is 16.8 Å². The first-order valence-electron chi connectivity index (χ1n) is 9.43. The van der Waals surface area contributed by atoms with Gasteiger partial charge in [-0.25, -0.2) is 4.98 Å². The molecule has 0 aliphatic rings. The highest BCUT2D eigenvalue weighted by molar-refractivity contribution is 7.09. The molecule has 0 bridgehead atoms. The molecule has 2 heterocycles. The van der Waals surface area contributed by atoms with Crippen LogP contribution in [-0.4, -0.2) is 32.7 Å². The van der Waals surface area contributed by atoms with Gasteiger partial charge in [-0.2, -0.15) is 10.4 Å². The van der Waals surface area contributed by atoms with Gasteiger partial charge in [-0.15, -0.1) is 11.3 Å². The zero-order valence-corrected chi connectivity index (χ0v) is 18.7. The number of esters is 1. The number of hydrogen-bond donors (Lipinski definition) is 1. The van der Waals surface area contributed by atoms with Gasteiger partial charge in [0.2, 0.25) is 0 Å². The van der Waals surface area contributed by atoms with Gasteiger partial charge in [-0.05, 0) is 32.0 Å². The van der Waals surface area contributed by atoms with Crippen molar-refractivity contribution in [1.82, 2.24) is 20.1 Å². The van der Waals surface area contributed by atoms with Gasteiger partial charge < -0.3 is 10.1 Å². The van der Waals surface area contributed by atoms with Gasteiger partial charge in [0.25, 0.3) is 5.91 Å². The van der Waals surface area contributed by atoms with E-state index in [1.807, 2.05) is 25.3 Å². The maximum absolute atomic E-state index is 12.5. The fraction of sp³-hybridized carbons (Fsp3) is 0.286. The van der Waals surface area contributed by atoms with Crippen molar-refractivity contribution in [2.75, 3.05) is 0 Å². The van der Waals surface area contributed by atoms with E-state index in [9.17, 15) is 9.59 Å². The lowest BCUT2D eigenvalue weighted by Crippen LogP contribution is -2.36. The molecule has 2 atom stereocenters. The molecule has 1 N–H and O–H groups in total. The van der Waals surface area contributed by atoms with Crippen LogP contribution in [0, 0.1) is 11.3 Å². The summed E-state index contributed by atoms with van der Waals surface area (Å²) >= 11 is 7.36. The SMILES string of the molecule is CC(=O)OC(C)c1nc(C(=O)N[C@@H](C)Cn2ccc(-c3ccc(C#N)c(Cl)c3)n2)cs1. The molecule has 0 fully saturated rings. The van der Waals surface area contributed by atoms with Gasteiger partial charge in [0.15, 0.2) is 6.10 Å². The third-order valence-electron chi connectivity index (χ3n) is 4.31. The summed E-state index contributed by atoms with van der Waals surface area (Å²) in [4.78, 5) is 27.8. The monoisotopic (exact) mass is 457 g/mol. The van der Waals surface area contributed by atoms with E-state index in [1.54, 1.807) is 35.2 Å². The lowest BCUT2D eigenvalue weighted by Gasteiger charge is -2.13. The average Bonchev–Trinajstić information content (AvgIpc) is 3.37. The zero-order valence-electron chi connectivity index (χ0n) is 17.1. The Bertz CT molecular complexity index is 1150. The van der Waals surface area contributed by atoms with Crippen LogP contribution in [0.3, 0.4) is 0 Å². The smallest absolute Gasteiger partial charge is 0.303 e. The fourth-order valence-electron chi connectivity index (χ4n) is 2.88. The Morgan fingerprint density at radius 1 is 1.35 bits per heavy atom. The van der Waals surface area contributed by atoms with Crippen molar-refractivity contribution in [3.63, 3.8) is 0 Å². The minimum atomic E-state index is -0.500. The quantitative estimate of drug-likeness (QED) is 0.537. The van der Waals surface area contributed by atoms with Crippen LogP contribution >= 0.6 is 22.9 Å². The van der Waals surface area contributed by atoms with Crippen LogP contribution in [0.1, 0.15) is 47.9 Å². The first-order chi connectivity index (χ1) is 14.8. The lowest BCUT2D eigenvalue weighted by molar-refractivity contribution is -0.145. The third-order valence-corrected chi connectivity index (χ3v) is 5.63. The van der Waals surface area contributed by atoms with Crippen LogP contribution < -0.4 is 5.32 Å². The number of benzene rings is 1. The average molecular weight is 458 g/mol. The second-order valence-corrected chi connectivity index (χ2v) is 8.22. The first-order valence-corrected chi connectivity index (χ1v) is 10.7. The summed E-state index contributed by atoms with van der Waals surface area (Å²) < 4.78 is 6.81. The lowest BCUT2D eigenvalue weighted by atomic mass is 10.1. The number of hydrogen-bond acceptors (Lipinski definition) is 7. The van der Waals surface area contributed by atoms with Gasteiger partial charge in [0, 0.05) is 30.1 Å². The Morgan fingerprint density at radius 2 is 2.13 bits per heavy atom. The normalized spacial score (nSPS) is 12.6. The van der Waals surface area contributed by atoms with E-state index in [2.05, 4.69) is 15.4 Å². The molecular formula is C21H20ClN5O3S. The number of carbonyl (C=O) groups is 2. The molecule has 1 aromatic carbocycles. The minimum Gasteiger partial charge on any atom is -0.455 e. The number of ether oxygens (including phenoxy) is 1. The molecule has 3 rings (SSSR count). The Kier molecular flexibility index (Phi) is 7.05. The summed E-state index contributed by atoms with van der Waals surface area (Å²) in [5.74, 6) is -0.708. The molecule has 0 saturated heterocycles. The highest BCUT2D eigenvalue weighted by atomic mass is 35.5. The van der Waals surface area contributed by atoms with Crippen LogP contribution in [0.15, 0.2) is 35.8 Å². The molecular weight excluding hydrogens is 438 g/mol. The maximum Gasteiger partial charge on any atom is 0.303 e. The van der Waals surface area contributed by atoms with Crippen molar-refractivity contribution in [2.24, 2.45) is 0 Å². The van der Waals surface area contributed by atoms with E-state index < -0.39 is 12.1 Å². The molecule has 160 valence electrons. The summed E-state index contributed by atoms with van der Waals surface area (Å²) in [7, 11) is 0. The van der Waals surface area contributed by atoms with Gasteiger partial charge in [0.05, 0.1) is 22.8 Å². The van der Waals surface area contributed by atoms with Crippen molar-refractivity contribution in [3.8, 4) is 17.3 Å². The molecule has 8 nitrogen and oxygen atoms in total. The predicted molar refractivity (Wildman–Crippen MR) is 117 cm³/mol. The molecule has 0 aliphatic carbocycles. The largest absolute Gasteiger partial charge is 0.455 e. The van der Waals surface area contributed by atoms with E-state index in [-0.39, 0.29) is 17.6 Å². The number of nitrogens with one attached hydrogen (secondary N) is 1. The number of amides is 1. The van der Waals surface area contributed by atoms with Crippen molar-refractivity contribution in [3.05, 3.63) is 57.1 Å². The molecule has 10 heteroatoms. The summed E-state index contributed by atoms with van der Waals surface area (Å²) in [6.45, 7) is 5.36. The summed E-state index contributed by atoms with van der Waals surface area (Å²) in [6, 6.07) is 8.81. The van der Waals surface area contributed by atoms with Gasteiger partial charge >= 0.3 is 5.97 Å². The van der Waals surface area contributed by atoms with Crippen molar-refractivity contribution >= 4 is 34.8 Å². The Labute approximate surface area is 188 Å². The van der Waals surface area contributed by atoms with E-state index in [1.165, 1.54) is 18.3 Å². The number of halogens is 1. The highest BCUT2D eigenvalue weighted by Crippen LogP contribution is 2.24. The molecule has 1 unspecified atom stereocenters. The second kappa shape index (κ2) is 9.73. The number of carbonyl (C=O) groups excluding carboxylic acids is 2. The number of nitrogens with zero attached hydrogens (tertiary/aromatic N) is 4. The van der Waals surface area contributed by atoms with Crippen LogP contribution in [0.5, 0.6) is 0 Å². The minimum absolute atomic E-state index is 0.208. The van der Waals surface area contributed by atoms with Gasteiger partial charge in [-0.1, -0.05) is 17.7 Å². The van der Waals surface area contributed by atoms with E-state index in [0.717, 1.165) is 5.56 Å². The number of rotatable bonds is 7. The van der Waals surface area contributed by atoms with Crippen molar-refractivity contribution in [1.29, 1.82) is 5.26 Å². The summed E-state index contributed by atoms with van der Waals surface area (Å²) in [6.07, 6.45) is 1.31. The molecule has 31 heavy (non-hydrogen) atoms. The van der Waals surface area contributed by atoms with Gasteiger partial charge in [-0.3, -0.25) is 14.3 Å². The van der Waals surface area contributed by atoms with Crippen LogP contribution in [0.2, 0.25) is 5.02 Å². The first kappa shape index (κ1) is 22.5. The molecule has 0 spiro atoms. The standard InChI is InChI=1S/C21H20ClN5O3S/c1-12(24-20(29)19-11-31-21(25-19)13(2)30-14(3)28)10-27-7-6-18(26-27)15-4-5-16(9-23)17(22)8-15/h4-8,11-13H,10H2,1-3H3,(H,24,29)/t12-,13?/m0/s1.